The number of carbonyl (C=O) groups excluding carboxylic acids is 1. The van der Waals surface area contributed by atoms with E-state index in [1.807, 2.05) is 48.2 Å². The molecule has 0 saturated carbocycles. The molecular formula is C20H21ClN4O2S. The fourth-order valence-corrected chi connectivity index (χ4v) is 4.58. The van der Waals surface area contributed by atoms with Crippen LogP contribution in [0.1, 0.15) is 5.56 Å². The Hall–Kier alpha value is -2.51. The van der Waals surface area contributed by atoms with Crippen LogP contribution in [0.15, 0.2) is 36.4 Å². The summed E-state index contributed by atoms with van der Waals surface area (Å²) in [7, 11) is 1.63. The number of anilines is 2. The number of rotatable bonds is 3. The third kappa shape index (κ3) is 3.72. The Bertz CT molecular complexity index is 1010. The number of halogens is 1. The van der Waals surface area contributed by atoms with Crippen LogP contribution in [-0.2, 0) is 0 Å². The van der Waals surface area contributed by atoms with E-state index in [-0.39, 0.29) is 6.03 Å². The lowest BCUT2D eigenvalue weighted by molar-refractivity contribution is 0.208. The maximum atomic E-state index is 12.5. The number of nitrogens with one attached hydrogen (secondary N) is 1. The van der Waals surface area contributed by atoms with Crippen LogP contribution in [0.2, 0.25) is 5.02 Å². The molecule has 0 bridgehead atoms. The Labute approximate surface area is 172 Å². The lowest BCUT2D eigenvalue weighted by Gasteiger charge is -2.34. The molecule has 6 nitrogen and oxygen atoms in total. The van der Waals surface area contributed by atoms with Gasteiger partial charge >= 0.3 is 6.03 Å². The molecule has 0 atom stereocenters. The van der Waals surface area contributed by atoms with Gasteiger partial charge in [0.25, 0.3) is 0 Å². The molecule has 4 rings (SSSR count). The van der Waals surface area contributed by atoms with Crippen LogP contribution in [0.3, 0.4) is 0 Å². The molecule has 3 aromatic rings. The van der Waals surface area contributed by atoms with E-state index < -0.39 is 0 Å². The van der Waals surface area contributed by atoms with Crippen molar-refractivity contribution >= 4 is 50.0 Å². The summed E-state index contributed by atoms with van der Waals surface area (Å²) in [6.07, 6.45) is 0. The van der Waals surface area contributed by atoms with Gasteiger partial charge in [0, 0.05) is 31.9 Å². The third-order valence-corrected chi connectivity index (χ3v) is 6.35. The first-order valence-electron chi connectivity index (χ1n) is 9.06. The SMILES string of the molecule is COc1ccc(Cl)c2sc(N3CCN(C(=O)Nc4cccc(C)c4)CC3)nc12. The zero-order valence-corrected chi connectivity index (χ0v) is 17.3. The largest absolute Gasteiger partial charge is 0.494 e. The fourth-order valence-electron chi connectivity index (χ4n) is 3.27. The van der Waals surface area contributed by atoms with E-state index in [1.165, 1.54) is 0 Å². The van der Waals surface area contributed by atoms with E-state index in [9.17, 15) is 4.79 Å². The van der Waals surface area contributed by atoms with Gasteiger partial charge in [-0.25, -0.2) is 9.78 Å². The molecule has 1 fully saturated rings. The van der Waals surface area contributed by atoms with Gasteiger partial charge in [-0.1, -0.05) is 35.1 Å². The van der Waals surface area contributed by atoms with Crippen molar-refractivity contribution in [1.82, 2.24) is 9.88 Å². The van der Waals surface area contributed by atoms with E-state index in [0.29, 0.717) is 18.1 Å². The van der Waals surface area contributed by atoms with Crippen molar-refractivity contribution in [3.63, 3.8) is 0 Å². The highest BCUT2D eigenvalue weighted by Gasteiger charge is 2.24. The van der Waals surface area contributed by atoms with Crippen LogP contribution < -0.4 is 15.0 Å². The lowest BCUT2D eigenvalue weighted by Crippen LogP contribution is -2.50. The molecule has 2 heterocycles. The van der Waals surface area contributed by atoms with E-state index in [1.54, 1.807) is 18.4 Å². The topological polar surface area (TPSA) is 57.7 Å². The van der Waals surface area contributed by atoms with Gasteiger partial charge < -0.3 is 19.9 Å². The van der Waals surface area contributed by atoms with Gasteiger partial charge in [0.1, 0.15) is 11.3 Å². The molecule has 28 heavy (non-hydrogen) atoms. The van der Waals surface area contributed by atoms with Crippen molar-refractivity contribution in [3.05, 3.63) is 47.0 Å². The number of aryl methyl sites for hydroxylation is 1. The second kappa shape index (κ2) is 7.85. The third-order valence-electron chi connectivity index (χ3n) is 4.77. The minimum Gasteiger partial charge on any atom is -0.494 e. The average molecular weight is 417 g/mol. The lowest BCUT2D eigenvalue weighted by atomic mass is 10.2. The number of hydrogen-bond donors (Lipinski definition) is 1. The standard InChI is InChI=1S/C20H21ClN4O2S/c1-13-4-3-5-14(12-13)22-19(26)24-8-10-25(11-9-24)20-23-17-16(27-2)7-6-15(21)18(17)28-20/h3-7,12H,8-11H2,1-2H3,(H,22,26). The Morgan fingerprint density at radius 2 is 2.00 bits per heavy atom. The van der Waals surface area contributed by atoms with Gasteiger partial charge in [0.2, 0.25) is 0 Å². The number of carbonyl (C=O) groups is 1. The first-order valence-corrected chi connectivity index (χ1v) is 10.2. The number of thiazole rings is 1. The van der Waals surface area contributed by atoms with Crippen LogP contribution >= 0.6 is 22.9 Å². The number of benzene rings is 2. The normalized spacial score (nSPS) is 14.4. The number of amides is 2. The van der Waals surface area contributed by atoms with E-state index in [0.717, 1.165) is 45.4 Å². The minimum absolute atomic E-state index is 0.0701. The van der Waals surface area contributed by atoms with Gasteiger partial charge in [-0.2, -0.15) is 0 Å². The summed E-state index contributed by atoms with van der Waals surface area (Å²) in [6.45, 7) is 4.73. The number of hydrogen-bond acceptors (Lipinski definition) is 5. The predicted octanol–water partition coefficient (Wildman–Crippen LogP) is 4.62. The number of fused-ring (bicyclic) bond motifs is 1. The molecule has 1 aromatic heterocycles. The Balaban J connectivity index is 1.43. The molecule has 0 aliphatic carbocycles. The van der Waals surface area contributed by atoms with Crippen molar-refractivity contribution in [2.45, 2.75) is 6.92 Å². The maximum Gasteiger partial charge on any atom is 0.321 e. The predicted molar refractivity (Wildman–Crippen MR) is 115 cm³/mol. The summed E-state index contributed by atoms with van der Waals surface area (Å²) in [4.78, 5) is 21.3. The molecule has 1 aliphatic rings. The van der Waals surface area contributed by atoms with Crippen molar-refractivity contribution in [1.29, 1.82) is 0 Å². The Kier molecular flexibility index (Phi) is 5.28. The van der Waals surface area contributed by atoms with Crippen LogP contribution in [0.4, 0.5) is 15.6 Å². The van der Waals surface area contributed by atoms with Crippen LogP contribution in [-0.4, -0.2) is 49.2 Å². The number of piperazine rings is 1. The van der Waals surface area contributed by atoms with Gasteiger partial charge in [0.05, 0.1) is 16.8 Å². The van der Waals surface area contributed by atoms with Gasteiger partial charge in [-0.3, -0.25) is 0 Å². The summed E-state index contributed by atoms with van der Waals surface area (Å²) in [5.41, 5.74) is 2.72. The van der Waals surface area contributed by atoms with Gasteiger partial charge in [0.15, 0.2) is 5.13 Å². The highest BCUT2D eigenvalue weighted by Crippen LogP contribution is 2.38. The van der Waals surface area contributed by atoms with E-state index in [2.05, 4.69) is 10.2 Å². The summed E-state index contributed by atoms with van der Waals surface area (Å²) in [5.74, 6) is 0.720. The number of ether oxygens (including phenoxy) is 1. The minimum atomic E-state index is -0.0701. The number of aromatic nitrogens is 1. The summed E-state index contributed by atoms with van der Waals surface area (Å²) in [5, 5.41) is 4.55. The molecule has 0 radical (unpaired) electrons. The van der Waals surface area contributed by atoms with E-state index >= 15 is 0 Å². The van der Waals surface area contributed by atoms with Crippen LogP contribution in [0, 0.1) is 6.92 Å². The summed E-state index contributed by atoms with van der Waals surface area (Å²) < 4.78 is 6.33. The quantitative estimate of drug-likeness (QED) is 0.676. The average Bonchev–Trinajstić information content (AvgIpc) is 3.15. The maximum absolute atomic E-state index is 12.5. The fraction of sp³-hybridized carbons (Fsp3) is 0.300. The molecule has 2 amide bonds. The van der Waals surface area contributed by atoms with Gasteiger partial charge in [-0.15, -0.1) is 0 Å². The monoisotopic (exact) mass is 416 g/mol. The second-order valence-corrected chi connectivity index (χ2v) is 8.08. The number of urea groups is 1. The smallest absolute Gasteiger partial charge is 0.321 e. The molecule has 1 N–H and O–H groups in total. The molecule has 2 aromatic carbocycles. The summed E-state index contributed by atoms with van der Waals surface area (Å²) >= 11 is 7.88. The van der Waals surface area contributed by atoms with Crippen LogP contribution in [0.5, 0.6) is 5.75 Å². The molecule has 0 spiro atoms. The molecular weight excluding hydrogens is 396 g/mol. The highest BCUT2D eigenvalue weighted by molar-refractivity contribution is 7.22. The number of methoxy groups -OCH3 is 1. The zero-order chi connectivity index (χ0) is 19.7. The van der Waals surface area contributed by atoms with Gasteiger partial charge in [-0.05, 0) is 36.8 Å². The first kappa shape index (κ1) is 18.8. The summed E-state index contributed by atoms with van der Waals surface area (Å²) in [6, 6.07) is 11.4. The van der Waals surface area contributed by atoms with Crippen molar-refractivity contribution in [2.75, 3.05) is 43.5 Å². The zero-order valence-electron chi connectivity index (χ0n) is 15.7. The molecule has 8 heteroatoms. The van der Waals surface area contributed by atoms with Crippen molar-refractivity contribution in [3.8, 4) is 5.75 Å². The molecule has 0 unspecified atom stereocenters. The van der Waals surface area contributed by atoms with E-state index in [4.69, 9.17) is 21.3 Å². The molecule has 1 aliphatic heterocycles. The second-order valence-electron chi connectivity index (χ2n) is 6.70. The molecule has 1 saturated heterocycles. The first-order chi connectivity index (χ1) is 13.5. The highest BCUT2D eigenvalue weighted by atomic mass is 35.5. The Morgan fingerprint density at radius 1 is 1.21 bits per heavy atom. The number of nitrogens with zero attached hydrogens (tertiary/aromatic N) is 3. The molecule has 146 valence electrons. The van der Waals surface area contributed by atoms with Crippen LogP contribution in [0.25, 0.3) is 10.2 Å². The Morgan fingerprint density at radius 3 is 2.71 bits per heavy atom. The van der Waals surface area contributed by atoms with Crippen molar-refractivity contribution < 1.29 is 9.53 Å². The van der Waals surface area contributed by atoms with Crippen molar-refractivity contribution in [2.24, 2.45) is 0 Å².